The van der Waals surface area contributed by atoms with E-state index in [2.05, 4.69) is 29.8 Å². The Balaban J connectivity index is 0. The Bertz CT molecular complexity index is 418. The van der Waals surface area contributed by atoms with Crippen LogP contribution in [0.5, 0.6) is 5.75 Å². The van der Waals surface area contributed by atoms with Crippen LogP contribution < -0.4 is 10.5 Å². The van der Waals surface area contributed by atoms with Gasteiger partial charge < -0.3 is 10.5 Å². The Morgan fingerprint density at radius 1 is 1.11 bits per heavy atom. The molecule has 0 atom stereocenters. The van der Waals surface area contributed by atoms with E-state index in [4.69, 9.17) is 4.74 Å². The molecule has 0 spiro atoms. The summed E-state index contributed by atoms with van der Waals surface area (Å²) in [5, 5.41) is 1.13. The largest absolute Gasteiger partial charge is 0.497 e. The quantitative estimate of drug-likeness (QED) is 0.857. The van der Waals surface area contributed by atoms with Gasteiger partial charge in [0.1, 0.15) is 5.75 Å². The molecule has 0 aliphatic rings. The molecule has 2 rings (SSSR count). The molecule has 19 heavy (non-hydrogen) atoms. The first-order valence-corrected chi connectivity index (χ1v) is 6.35. The molecule has 103 valence electrons. The van der Waals surface area contributed by atoms with Crippen molar-refractivity contribution in [3.8, 4) is 5.75 Å². The molecule has 3 nitrogen and oxygen atoms in total. The van der Waals surface area contributed by atoms with E-state index in [-0.39, 0.29) is 41.3 Å². The van der Waals surface area contributed by atoms with E-state index < -0.39 is 0 Å². The number of fused-ring (bicyclic) bond motifs is 1. The molecule has 0 aliphatic heterocycles. The normalized spacial score (nSPS) is 8.32. The van der Waals surface area contributed by atoms with Gasteiger partial charge in [-0.15, -0.1) is 0 Å². The third kappa shape index (κ3) is 6.64. The number of hydrogen-bond acceptors (Lipinski definition) is 3. The zero-order valence-electron chi connectivity index (χ0n) is 12.6. The number of hydrogen-bond donors (Lipinski definition) is 1. The predicted octanol–water partition coefficient (Wildman–Crippen LogP) is 3.41. The van der Waals surface area contributed by atoms with Crippen LogP contribution in [0.15, 0.2) is 30.3 Å². The molecular weight excluding hydrogens is 365 g/mol. The van der Waals surface area contributed by atoms with E-state index in [1.165, 1.54) is 7.05 Å². The minimum Gasteiger partial charge on any atom is -0.497 e. The number of rotatable bonds is 2. The standard InChI is InChI=1S/C12H13NO.C2H6.CH5N.Pr/c1-3-10-5-4-9-8-11(14-2)6-7-12(9)13-10;2*1-2;/h4-8H,3H2,1-2H3;1-2H3;2H2,1H3;. The number of benzene rings is 1. The van der Waals surface area contributed by atoms with Gasteiger partial charge in [-0.05, 0) is 37.7 Å². The molecule has 1 aromatic heterocycles. The average Bonchev–Trinajstić information content (AvgIpc) is 2.50. The summed E-state index contributed by atoms with van der Waals surface area (Å²) in [5.41, 5.74) is 6.66. The summed E-state index contributed by atoms with van der Waals surface area (Å²) in [7, 11) is 3.18. The van der Waals surface area contributed by atoms with Crippen molar-refractivity contribution in [3.05, 3.63) is 36.0 Å². The van der Waals surface area contributed by atoms with Gasteiger partial charge in [0.15, 0.2) is 0 Å². The molecule has 2 aromatic rings. The maximum absolute atomic E-state index is 5.15. The van der Waals surface area contributed by atoms with Crippen molar-refractivity contribution in [2.75, 3.05) is 14.2 Å². The van der Waals surface area contributed by atoms with Gasteiger partial charge in [0.2, 0.25) is 0 Å². The molecule has 0 aliphatic carbocycles. The Hall–Kier alpha value is -0.246. The molecule has 0 amide bonds. The van der Waals surface area contributed by atoms with E-state index in [9.17, 15) is 0 Å². The van der Waals surface area contributed by atoms with Gasteiger partial charge in [-0.25, -0.2) is 0 Å². The molecule has 1 radical (unpaired) electrons. The zero-order chi connectivity index (χ0) is 14.0. The Labute approximate surface area is 149 Å². The van der Waals surface area contributed by atoms with Crippen LogP contribution in [0, 0.1) is 41.3 Å². The van der Waals surface area contributed by atoms with Gasteiger partial charge in [-0.1, -0.05) is 26.8 Å². The first-order valence-electron chi connectivity index (χ1n) is 6.35. The zero-order valence-corrected chi connectivity index (χ0v) is 16.3. The van der Waals surface area contributed by atoms with Gasteiger partial charge in [0.25, 0.3) is 0 Å². The van der Waals surface area contributed by atoms with Crippen molar-refractivity contribution in [1.29, 1.82) is 0 Å². The SMILES string of the molecule is CC.CCc1ccc2cc(OC)ccc2n1.CN.[Pr]. The summed E-state index contributed by atoms with van der Waals surface area (Å²) < 4.78 is 5.15. The molecule has 2 N–H and O–H groups in total. The monoisotopic (exact) mass is 389 g/mol. The van der Waals surface area contributed by atoms with Crippen LogP contribution in [0.3, 0.4) is 0 Å². The first kappa shape index (κ1) is 21.1. The third-order valence-corrected chi connectivity index (χ3v) is 2.32. The minimum atomic E-state index is 0. The van der Waals surface area contributed by atoms with E-state index in [0.717, 1.165) is 28.8 Å². The van der Waals surface area contributed by atoms with Crippen LogP contribution in [0.4, 0.5) is 0 Å². The van der Waals surface area contributed by atoms with Crippen LogP contribution in [0.2, 0.25) is 0 Å². The van der Waals surface area contributed by atoms with Crippen molar-refractivity contribution in [2.24, 2.45) is 5.73 Å². The van der Waals surface area contributed by atoms with Crippen molar-refractivity contribution in [3.63, 3.8) is 0 Å². The predicted molar refractivity (Wildman–Crippen MR) is 79.1 cm³/mol. The number of nitrogens with zero attached hydrogens (tertiary/aromatic N) is 1. The smallest absolute Gasteiger partial charge is 0.119 e. The van der Waals surface area contributed by atoms with Crippen molar-refractivity contribution in [2.45, 2.75) is 27.2 Å². The van der Waals surface area contributed by atoms with E-state index in [1.807, 2.05) is 32.0 Å². The second kappa shape index (κ2) is 12.8. The molecule has 0 saturated heterocycles. The van der Waals surface area contributed by atoms with Crippen molar-refractivity contribution < 1.29 is 46.0 Å². The summed E-state index contributed by atoms with van der Waals surface area (Å²) in [4.78, 5) is 4.51. The molecule has 0 saturated carbocycles. The van der Waals surface area contributed by atoms with Crippen molar-refractivity contribution >= 4 is 10.9 Å². The molecule has 1 aromatic carbocycles. The maximum atomic E-state index is 5.15. The van der Waals surface area contributed by atoms with Gasteiger partial charge in [-0.2, -0.15) is 0 Å². The minimum absolute atomic E-state index is 0. The van der Waals surface area contributed by atoms with Crippen LogP contribution in [-0.4, -0.2) is 19.1 Å². The number of pyridine rings is 1. The van der Waals surface area contributed by atoms with Crippen LogP contribution in [0.1, 0.15) is 26.5 Å². The maximum Gasteiger partial charge on any atom is 0.119 e. The topological polar surface area (TPSA) is 48.1 Å². The fraction of sp³-hybridized carbons (Fsp3) is 0.400. The molecule has 1 heterocycles. The molecule has 0 bridgehead atoms. The van der Waals surface area contributed by atoms with E-state index in [0.29, 0.717) is 0 Å². The third-order valence-electron chi connectivity index (χ3n) is 2.32. The Morgan fingerprint density at radius 3 is 2.26 bits per heavy atom. The molecule has 0 fully saturated rings. The molecule has 0 unspecified atom stereocenters. The first-order chi connectivity index (χ1) is 8.83. The Morgan fingerprint density at radius 2 is 1.74 bits per heavy atom. The van der Waals surface area contributed by atoms with Gasteiger partial charge in [0, 0.05) is 52.4 Å². The van der Waals surface area contributed by atoms with E-state index in [1.54, 1.807) is 7.11 Å². The summed E-state index contributed by atoms with van der Waals surface area (Å²) in [5.74, 6) is 0.878. The number of aryl methyl sites for hydroxylation is 1. The van der Waals surface area contributed by atoms with E-state index >= 15 is 0 Å². The summed E-state index contributed by atoms with van der Waals surface area (Å²) in [6.45, 7) is 6.11. The summed E-state index contributed by atoms with van der Waals surface area (Å²) >= 11 is 0. The molecule has 4 heteroatoms. The summed E-state index contributed by atoms with van der Waals surface area (Å²) in [6, 6.07) is 10.1. The Kier molecular flexibility index (Phi) is 14.2. The number of nitrogens with two attached hydrogens (primary N) is 1. The second-order valence-corrected chi connectivity index (χ2v) is 3.21. The number of ether oxygens (including phenoxy) is 1. The van der Waals surface area contributed by atoms with Crippen molar-refractivity contribution in [1.82, 2.24) is 4.98 Å². The van der Waals surface area contributed by atoms with Gasteiger partial charge in [0.05, 0.1) is 12.6 Å². The number of methoxy groups -OCH3 is 1. The van der Waals surface area contributed by atoms with Crippen LogP contribution in [0.25, 0.3) is 10.9 Å². The van der Waals surface area contributed by atoms with Gasteiger partial charge >= 0.3 is 0 Å². The number of aromatic nitrogens is 1. The fourth-order valence-corrected chi connectivity index (χ4v) is 1.47. The fourth-order valence-electron chi connectivity index (χ4n) is 1.47. The van der Waals surface area contributed by atoms with Crippen LogP contribution >= 0.6 is 0 Å². The average molecular weight is 389 g/mol. The van der Waals surface area contributed by atoms with Crippen LogP contribution in [-0.2, 0) is 6.42 Å². The van der Waals surface area contributed by atoms with Gasteiger partial charge in [-0.3, -0.25) is 4.98 Å². The summed E-state index contributed by atoms with van der Waals surface area (Å²) in [6.07, 6.45) is 0.974. The second-order valence-electron chi connectivity index (χ2n) is 3.21. The molecular formula is C15H24N2OPr.